The third-order valence-electron chi connectivity index (χ3n) is 6.42. The zero-order valence-electron chi connectivity index (χ0n) is 24.5. The number of aromatic nitrogens is 1. The highest BCUT2D eigenvalue weighted by Crippen LogP contribution is 2.38. The Kier molecular flexibility index (Phi) is 8.60. The van der Waals surface area contributed by atoms with E-state index in [0.29, 0.717) is 5.69 Å². The highest BCUT2D eigenvalue weighted by atomic mass is 19.1. The van der Waals surface area contributed by atoms with Crippen LogP contribution >= 0.6 is 0 Å². The summed E-state index contributed by atoms with van der Waals surface area (Å²) in [7, 11) is 0. The smallest absolute Gasteiger partial charge is 0.407 e. The molecule has 0 saturated carbocycles. The number of aromatic amines is 1. The standard InChI is InChI=1S/C31H39FN4O5/c1-30(2,3)40-28(38)33-16-20(32)15-21(34-29(39)41-31(4,5)6)18-36-17-19-11-7-8-12-22(19)25-23-13-9-10-14-24(23)35-26(25)27(36)37/h7-14,20-21,35H,15-18H2,1-6H3,(H,33,38)(H,34,39)/t20?,21-/m0/s1. The number of alkyl carbamates (subject to hydrolysis) is 2. The number of carbonyl (C=O) groups excluding carboxylic acids is 3. The summed E-state index contributed by atoms with van der Waals surface area (Å²) in [5.74, 6) is -0.259. The van der Waals surface area contributed by atoms with Crippen molar-refractivity contribution in [3.8, 4) is 11.1 Å². The molecule has 220 valence electrons. The first kappa shape index (κ1) is 29.9. The third-order valence-corrected chi connectivity index (χ3v) is 6.42. The molecule has 3 amide bonds. The minimum absolute atomic E-state index is 0.0219. The van der Waals surface area contributed by atoms with Crippen LogP contribution in [-0.4, -0.2) is 64.5 Å². The van der Waals surface area contributed by atoms with Crippen LogP contribution in [0.25, 0.3) is 22.0 Å². The number of ether oxygens (including phenoxy) is 2. The molecule has 2 heterocycles. The molecule has 1 unspecified atom stereocenters. The second-order valence-corrected chi connectivity index (χ2v) is 12.3. The number of halogens is 1. The topological polar surface area (TPSA) is 113 Å². The van der Waals surface area contributed by atoms with Crippen molar-refractivity contribution in [2.45, 2.75) is 77.9 Å². The lowest BCUT2D eigenvalue weighted by Gasteiger charge is -2.29. The number of carbonyl (C=O) groups is 3. The van der Waals surface area contributed by atoms with Crippen LogP contribution in [-0.2, 0) is 16.0 Å². The summed E-state index contributed by atoms with van der Waals surface area (Å²) in [6.45, 7) is 10.3. The highest BCUT2D eigenvalue weighted by Gasteiger charge is 2.32. The first-order valence-electron chi connectivity index (χ1n) is 13.8. The second-order valence-electron chi connectivity index (χ2n) is 12.3. The summed E-state index contributed by atoms with van der Waals surface area (Å²) in [5, 5.41) is 6.11. The van der Waals surface area contributed by atoms with Gasteiger partial charge in [-0.2, -0.15) is 0 Å². The van der Waals surface area contributed by atoms with E-state index in [-0.39, 0.29) is 32.0 Å². The summed E-state index contributed by atoms with van der Waals surface area (Å²) in [6, 6.07) is 14.7. The number of alkyl halides is 1. The fraction of sp³-hybridized carbons (Fsp3) is 0.452. The normalized spacial score (nSPS) is 14.9. The van der Waals surface area contributed by atoms with Gasteiger partial charge >= 0.3 is 12.2 Å². The Hall–Kier alpha value is -4.08. The van der Waals surface area contributed by atoms with Crippen molar-refractivity contribution in [3.05, 3.63) is 59.8 Å². The van der Waals surface area contributed by atoms with Gasteiger partial charge < -0.3 is 30.0 Å². The molecule has 0 fully saturated rings. The zero-order chi connectivity index (χ0) is 29.9. The van der Waals surface area contributed by atoms with Gasteiger partial charge in [0.1, 0.15) is 23.1 Å². The third kappa shape index (κ3) is 7.77. The highest BCUT2D eigenvalue weighted by molar-refractivity contribution is 6.11. The maximum absolute atomic E-state index is 15.2. The molecule has 4 rings (SSSR count). The van der Waals surface area contributed by atoms with Crippen LogP contribution in [0, 0.1) is 0 Å². The Morgan fingerprint density at radius 2 is 1.61 bits per heavy atom. The number of nitrogens with zero attached hydrogens (tertiary/aromatic N) is 1. The minimum atomic E-state index is -1.53. The fourth-order valence-electron chi connectivity index (χ4n) is 4.89. The molecule has 41 heavy (non-hydrogen) atoms. The number of fused-ring (bicyclic) bond motifs is 5. The number of hydrogen-bond acceptors (Lipinski definition) is 5. The van der Waals surface area contributed by atoms with Crippen LogP contribution in [0.2, 0.25) is 0 Å². The summed E-state index contributed by atoms with van der Waals surface area (Å²) >= 11 is 0. The van der Waals surface area contributed by atoms with Gasteiger partial charge in [-0.1, -0.05) is 42.5 Å². The number of hydrogen-bond donors (Lipinski definition) is 3. The number of para-hydroxylation sites is 1. The molecule has 0 saturated heterocycles. The predicted octanol–water partition coefficient (Wildman–Crippen LogP) is 5.94. The maximum atomic E-state index is 15.2. The summed E-state index contributed by atoms with van der Waals surface area (Å²) in [5.41, 5.74) is 2.49. The van der Waals surface area contributed by atoms with E-state index < -0.39 is 35.6 Å². The molecule has 3 N–H and O–H groups in total. The van der Waals surface area contributed by atoms with Gasteiger partial charge in [-0.15, -0.1) is 0 Å². The molecule has 0 aliphatic carbocycles. The largest absolute Gasteiger partial charge is 0.444 e. The van der Waals surface area contributed by atoms with E-state index >= 15 is 4.39 Å². The Labute approximate surface area is 239 Å². The van der Waals surface area contributed by atoms with Gasteiger partial charge in [-0.3, -0.25) is 4.79 Å². The summed E-state index contributed by atoms with van der Waals surface area (Å²) in [6.07, 6.45) is -3.15. The van der Waals surface area contributed by atoms with Crippen molar-refractivity contribution in [1.29, 1.82) is 0 Å². The van der Waals surface area contributed by atoms with Gasteiger partial charge in [0.05, 0.1) is 12.6 Å². The van der Waals surface area contributed by atoms with E-state index in [1.807, 2.05) is 48.5 Å². The number of nitrogens with one attached hydrogen (secondary N) is 3. The van der Waals surface area contributed by atoms with Gasteiger partial charge in [0, 0.05) is 36.0 Å². The van der Waals surface area contributed by atoms with Crippen LogP contribution in [0.3, 0.4) is 0 Å². The molecular weight excluding hydrogens is 527 g/mol. The Balaban J connectivity index is 1.58. The predicted molar refractivity (Wildman–Crippen MR) is 155 cm³/mol. The maximum Gasteiger partial charge on any atom is 0.407 e. The quantitative estimate of drug-likeness (QED) is 0.328. The monoisotopic (exact) mass is 566 g/mol. The second kappa shape index (κ2) is 11.8. The molecule has 1 aromatic heterocycles. The van der Waals surface area contributed by atoms with Gasteiger partial charge in [0.15, 0.2) is 0 Å². The van der Waals surface area contributed by atoms with E-state index in [1.165, 1.54) is 0 Å². The average molecular weight is 567 g/mol. The molecule has 0 bridgehead atoms. The van der Waals surface area contributed by atoms with Crippen molar-refractivity contribution in [1.82, 2.24) is 20.5 Å². The first-order valence-corrected chi connectivity index (χ1v) is 13.8. The Morgan fingerprint density at radius 1 is 0.976 bits per heavy atom. The SMILES string of the molecule is CC(C)(C)OC(=O)NCC(F)C[C@@H](CN1Cc2ccccc2-c2c([nH]c3ccccc23)C1=O)NC(=O)OC(C)(C)C. The van der Waals surface area contributed by atoms with Crippen LogP contribution in [0.15, 0.2) is 48.5 Å². The number of amides is 3. The van der Waals surface area contributed by atoms with Crippen LogP contribution in [0.5, 0.6) is 0 Å². The molecule has 10 heteroatoms. The average Bonchev–Trinajstić information content (AvgIpc) is 3.19. The lowest BCUT2D eigenvalue weighted by atomic mass is 9.98. The van der Waals surface area contributed by atoms with Crippen molar-refractivity contribution >= 4 is 29.0 Å². The van der Waals surface area contributed by atoms with Gasteiger partial charge in [0.25, 0.3) is 5.91 Å². The van der Waals surface area contributed by atoms with Crippen molar-refractivity contribution in [2.75, 3.05) is 13.1 Å². The van der Waals surface area contributed by atoms with E-state index in [1.54, 1.807) is 46.4 Å². The minimum Gasteiger partial charge on any atom is -0.444 e. The molecule has 3 aromatic rings. The fourth-order valence-corrected chi connectivity index (χ4v) is 4.89. The molecular formula is C31H39FN4O5. The Bertz CT molecular complexity index is 1420. The van der Waals surface area contributed by atoms with Crippen LogP contribution in [0.1, 0.15) is 64.0 Å². The Morgan fingerprint density at radius 3 is 2.32 bits per heavy atom. The van der Waals surface area contributed by atoms with Gasteiger partial charge in [0.2, 0.25) is 0 Å². The molecule has 9 nitrogen and oxygen atoms in total. The van der Waals surface area contributed by atoms with E-state index in [0.717, 1.165) is 27.6 Å². The lowest BCUT2D eigenvalue weighted by molar-refractivity contribution is 0.0446. The van der Waals surface area contributed by atoms with E-state index in [4.69, 9.17) is 9.47 Å². The summed E-state index contributed by atoms with van der Waals surface area (Å²) in [4.78, 5) is 43.6. The van der Waals surface area contributed by atoms with Crippen LogP contribution < -0.4 is 10.6 Å². The van der Waals surface area contributed by atoms with Gasteiger partial charge in [-0.25, -0.2) is 14.0 Å². The lowest BCUT2D eigenvalue weighted by Crippen LogP contribution is -2.48. The van der Waals surface area contributed by atoms with Crippen molar-refractivity contribution in [3.63, 3.8) is 0 Å². The first-order chi connectivity index (χ1) is 19.2. The molecule has 0 radical (unpaired) electrons. The van der Waals surface area contributed by atoms with E-state index in [2.05, 4.69) is 15.6 Å². The number of H-pyrrole nitrogens is 1. The number of benzene rings is 2. The molecule has 1 aliphatic rings. The van der Waals surface area contributed by atoms with Crippen LogP contribution in [0.4, 0.5) is 14.0 Å². The van der Waals surface area contributed by atoms with Crippen molar-refractivity contribution < 1.29 is 28.2 Å². The van der Waals surface area contributed by atoms with Gasteiger partial charge in [-0.05, 0) is 58.7 Å². The van der Waals surface area contributed by atoms with Crippen molar-refractivity contribution in [2.24, 2.45) is 0 Å². The van der Waals surface area contributed by atoms with E-state index in [9.17, 15) is 14.4 Å². The molecule has 2 atom stereocenters. The molecule has 1 aliphatic heterocycles. The zero-order valence-corrected chi connectivity index (χ0v) is 24.5. The molecule has 2 aromatic carbocycles. The summed E-state index contributed by atoms with van der Waals surface area (Å²) < 4.78 is 25.8. The molecule has 0 spiro atoms. The number of rotatable bonds is 7.